The molecule has 0 saturated heterocycles. The van der Waals surface area contributed by atoms with E-state index in [4.69, 9.17) is 9.47 Å². The van der Waals surface area contributed by atoms with E-state index in [1.165, 1.54) is 20.3 Å². The third-order valence-electron chi connectivity index (χ3n) is 3.73. The first-order valence-corrected chi connectivity index (χ1v) is 9.45. The topological polar surface area (TPSA) is 44.8 Å². The predicted octanol–water partition coefficient (Wildman–Crippen LogP) is 5.99. The highest BCUT2D eigenvalue weighted by Gasteiger charge is 2.18. The standard InChI is InChI=1S/C19H19Br2FO4/c1-10(2)13-8-12(9-16(22)18(13)25-4)26-19-14(20)5-11(6-15(19)21)7-17(23)24-3/h5-6,8-10H,7H2,1-4H3. The molecular formula is C19H19Br2FO4. The molecule has 0 heterocycles. The molecule has 4 nitrogen and oxygen atoms in total. The largest absolute Gasteiger partial charge is 0.493 e. The van der Waals surface area contributed by atoms with Crippen molar-refractivity contribution in [2.24, 2.45) is 0 Å². The first-order chi connectivity index (χ1) is 12.3. The van der Waals surface area contributed by atoms with Gasteiger partial charge < -0.3 is 14.2 Å². The van der Waals surface area contributed by atoms with Gasteiger partial charge in [0, 0.05) is 11.6 Å². The molecule has 0 N–H and O–H groups in total. The normalized spacial score (nSPS) is 10.8. The lowest BCUT2D eigenvalue weighted by Crippen LogP contribution is -2.04. The van der Waals surface area contributed by atoms with Gasteiger partial charge in [0.2, 0.25) is 0 Å². The van der Waals surface area contributed by atoms with Crippen LogP contribution in [0.5, 0.6) is 17.2 Å². The Kier molecular flexibility index (Phi) is 7.06. The van der Waals surface area contributed by atoms with Crippen LogP contribution in [0.3, 0.4) is 0 Å². The average molecular weight is 490 g/mol. The van der Waals surface area contributed by atoms with Gasteiger partial charge in [0.05, 0.1) is 29.6 Å². The summed E-state index contributed by atoms with van der Waals surface area (Å²) in [5, 5.41) is 0. The zero-order valence-electron chi connectivity index (χ0n) is 14.9. The molecule has 0 atom stereocenters. The van der Waals surface area contributed by atoms with E-state index < -0.39 is 5.82 Å². The smallest absolute Gasteiger partial charge is 0.309 e. The first-order valence-electron chi connectivity index (χ1n) is 7.86. The molecule has 0 aliphatic heterocycles. The SMILES string of the molecule is COC(=O)Cc1cc(Br)c(Oc2cc(F)c(OC)c(C(C)C)c2)c(Br)c1. The van der Waals surface area contributed by atoms with Crippen LogP contribution in [0, 0.1) is 5.82 Å². The second-order valence-electron chi connectivity index (χ2n) is 5.93. The maximum absolute atomic E-state index is 14.3. The van der Waals surface area contributed by atoms with Crippen LogP contribution >= 0.6 is 31.9 Å². The Bertz CT molecular complexity index is 798. The zero-order chi connectivity index (χ0) is 19.4. The number of carbonyl (C=O) groups is 1. The van der Waals surface area contributed by atoms with Gasteiger partial charge in [-0.05, 0) is 61.5 Å². The summed E-state index contributed by atoms with van der Waals surface area (Å²) in [6.07, 6.45) is 0.142. The van der Waals surface area contributed by atoms with Gasteiger partial charge in [-0.25, -0.2) is 4.39 Å². The van der Waals surface area contributed by atoms with Crippen LogP contribution < -0.4 is 9.47 Å². The van der Waals surface area contributed by atoms with Crippen LogP contribution in [0.25, 0.3) is 0 Å². The number of rotatable bonds is 6. The number of methoxy groups -OCH3 is 2. The summed E-state index contributed by atoms with van der Waals surface area (Å²) in [7, 11) is 2.78. The average Bonchev–Trinajstić information content (AvgIpc) is 2.57. The third-order valence-corrected chi connectivity index (χ3v) is 4.90. The molecule has 0 saturated carbocycles. The minimum Gasteiger partial charge on any atom is -0.493 e. The zero-order valence-corrected chi connectivity index (χ0v) is 18.0. The van der Waals surface area contributed by atoms with Gasteiger partial charge in [0.1, 0.15) is 5.75 Å². The van der Waals surface area contributed by atoms with E-state index in [1.807, 2.05) is 13.8 Å². The van der Waals surface area contributed by atoms with Gasteiger partial charge in [-0.2, -0.15) is 0 Å². The van der Waals surface area contributed by atoms with Crippen molar-refractivity contribution in [3.8, 4) is 17.2 Å². The number of ether oxygens (including phenoxy) is 3. The second-order valence-corrected chi connectivity index (χ2v) is 7.63. The van der Waals surface area contributed by atoms with Crippen molar-refractivity contribution in [2.45, 2.75) is 26.2 Å². The number of hydrogen-bond acceptors (Lipinski definition) is 4. The molecule has 2 rings (SSSR count). The molecule has 0 unspecified atom stereocenters. The van der Waals surface area contributed by atoms with Gasteiger partial charge in [-0.15, -0.1) is 0 Å². The second kappa shape index (κ2) is 8.86. The van der Waals surface area contributed by atoms with Crippen LogP contribution in [0.4, 0.5) is 4.39 Å². The Morgan fingerprint density at radius 2 is 1.69 bits per heavy atom. The molecule has 0 radical (unpaired) electrons. The molecule has 0 aromatic heterocycles. The fourth-order valence-corrected chi connectivity index (χ4v) is 3.90. The highest BCUT2D eigenvalue weighted by Crippen LogP contribution is 2.40. The molecule has 0 amide bonds. The lowest BCUT2D eigenvalue weighted by atomic mass is 10.0. The Hall–Kier alpha value is -1.60. The van der Waals surface area contributed by atoms with Crippen molar-refractivity contribution in [2.75, 3.05) is 14.2 Å². The number of benzene rings is 2. The Labute approximate surface area is 168 Å². The van der Waals surface area contributed by atoms with Crippen LogP contribution in [0.15, 0.2) is 33.2 Å². The maximum Gasteiger partial charge on any atom is 0.309 e. The summed E-state index contributed by atoms with van der Waals surface area (Å²) in [5.41, 5.74) is 1.48. The van der Waals surface area contributed by atoms with E-state index in [2.05, 4.69) is 36.6 Å². The highest BCUT2D eigenvalue weighted by molar-refractivity contribution is 9.11. The molecule has 0 fully saturated rings. The summed E-state index contributed by atoms with van der Waals surface area (Å²) in [4.78, 5) is 11.4. The molecule has 2 aromatic rings. The summed E-state index contributed by atoms with van der Waals surface area (Å²) in [5.74, 6) is 0.308. The number of hydrogen-bond donors (Lipinski definition) is 0. The van der Waals surface area contributed by atoms with Crippen molar-refractivity contribution < 1.29 is 23.4 Å². The summed E-state index contributed by atoms with van der Waals surface area (Å²) in [6.45, 7) is 3.91. The summed E-state index contributed by atoms with van der Waals surface area (Å²) < 4.78 is 31.3. The molecule has 0 spiro atoms. The van der Waals surface area contributed by atoms with Crippen molar-refractivity contribution in [1.82, 2.24) is 0 Å². The number of carbonyl (C=O) groups excluding carboxylic acids is 1. The van der Waals surface area contributed by atoms with Crippen molar-refractivity contribution >= 4 is 37.8 Å². The van der Waals surface area contributed by atoms with E-state index in [-0.39, 0.29) is 24.1 Å². The Morgan fingerprint density at radius 1 is 1.08 bits per heavy atom. The van der Waals surface area contributed by atoms with Crippen molar-refractivity contribution in [1.29, 1.82) is 0 Å². The van der Waals surface area contributed by atoms with Gasteiger partial charge >= 0.3 is 5.97 Å². The Balaban J connectivity index is 2.38. The highest BCUT2D eigenvalue weighted by atomic mass is 79.9. The van der Waals surface area contributed by atoms with Crippen molar-refractivity contribution in [3.63, 3.8) is 0 Å². The molecular weight excluding hydrogens is 471 g/mol. The third kappa shape index (κ3) is 4.76. The number of esters is 1. The predicted molar refractivity (Wildman–Crippen MR) is 105 cm³/mol. The van der Waals surface area contributed by atoms with Crippen LogP contribution in [-0.2, 0) is 16.0 Å². The van der Waals surface area contributed by atoms with E-state index in [0.717, 1.165) is 11.1 Å². The van der Waals surface area contributed by atoms with Crippen LogP contribution in [-0.4, -0.2) is 20.2 Å². The maximum atomic E-state index is 14.3. The monoisotopic (exact) mass is 488 g/mol. The van der Waals surface area contributed by atoms with Gasteiger partial charge in [-0.3, -0.25) is 4.79 Å². The summed E-state index contributed by atoms with van der Waals surface area (Å²) in [6, 6.07) is 6.57. The first kappa shape index (κ1) is 20.7. The van der Waals surface area contributed by atoms with E-state index >= 15 is 0 Å². The van der Waals surface area contributed by atoms with E-state index in [1.54, 1.807) is 18.2 Å². The van der Waals surface area contributed by atoms with E-state index in [0.29, 0.717) is 20.4 Å². The molecule has 140 valence electrons. The van der Waals surface area contributed by atoms with Gasteiger partial charge in [0.15, 0.2) is 17.3 Å². The molecule has 7 heteroatoms. The molecule has 0 aliphatic carbocycles. The van der Waals surface area contributed by atoms with Gasteiger partial charge in [0.25, 0.3) is 0 Å². The van der Waals surface area contributed by atoms with Crippen LogP contribution in [0.1, 0.15) is 30.9 Å². The lowest BCUT2D eigenvalue weighted by molar-refractivity contribution is -0.139. The minimum absolute atomic E-state index is 0.0670. The molecule has 0 bridgehead atoms. The van der Waals surface area contributed by atoms with Gasteiger partial charge in [-0.1, -0.05) is 13.8 Å². The quantitative estimate of drug-likeness (QED) is 0.467. The minimum atomic E-state index is -0.483. The van der Waals surface area contributed by atoms with Crippen molar-refractivity contribution in [3.05, 3.63) is 50.2 Å². The fourth-order valence-electron chi connectivity index (χ4n) is 2.46. The molecule has 0 aliphatic rings. The Morgan fingerprint density at radius 3 is 2.19 bits per heavy atom. The van der Waals surface area contributed by atoms with E-state index in [9.17, 15) is 9.18 Å². The summed E-state index contributed by atoms with van der Waals surface area (Å²) >= 11 is 6.87. The number of halogens is 3. The molecule has 2 aromatic carbocycles. The fraction of sp³-hybridized carbons (Fsp3) is 0.316. The lowest BCUT2D eigenvalue weighted by Gasteiger charge is -2.16. The molecule has 26 heavy (non-hydrogen) atoms. The van der Waals surface area contributed by atoms with Crippen LogP contribution in [0.2, 0.25) is 0 Å².